The van der Waals surface area contributed by atoms with Gasteiger partial charge in [0.15, 0.2) is 0 Å². The van der Waals surface area contributed by atoms with Crippen LogP contribution in [-0.2, 0) is 14.4 Å². The average molecular weight is 422 g/mol. The van der Waals surface area contributed by atoms with Crippen LogP contribution in [0.15, 0.2) is 48.5 Å². The Morgan fingerprint density at radius 1 is 1.10 bits per heavy atom. The van der Waals surface area contributed by atoms with Crippen LogP contribution in [0.5, 0.6) is 0 Å². The van der Waals surface area contributed by atoms with Crippen molar-refractivity contribution in [3.63, 3.8) is 0 Å². The number of halogens is 3. The number of fused-ring (bicyclic) bond motifs is 3. The molecule has 0 radical (unpaired) electrons. The fourth-order valence-corrected chi connectivity index (χ4v) is 3.96. The lowest BCUT2D eigenvalue weighted by atomic mass is 9.98. The summed E-state index contributed by atoms with van der Waals surface area (Å²) in [4.78, 5) is 37.3. The normalized spacial score (nSPS) is 16.7. The van der Waals surface area contributed by atoms with E-state index < -0.39 is 40.8 Å². The molecule has 1 aliphatic heterocycles. The number of nitrogens with one attached hydrogen (secondary N) is 2. The minimum atomic E-state index is -4.57. The fourth-order valence-electron chi connectivity index (χ4n) is 2.92. The molecule has 2 atom stereocenters. The van der Waals surface area contributed by atoms with Crippen LogP contribution in [0, 0.1) is 5.92 Å². The fraction of sp³-hybridized carbons (Fsp3) is 0.250. The second kappa shape index (κ2) is 8.28. The smallest absolute Gasteiger partial charge is 0.346 e. The van der Waals surface area contributed by atoms with Gasteiger partial charge in [-0.05, 0) is 24.1 Å². The van der Waals surface area contributed by atoms with Crippen molar-refractivity contribution in [2.24, 2.45) is 5.92 Å². The van der Waals surface area contributed by atoms with Crippen LogP contribution in [0.4, 0.5) is 18.9 Å². The predicted molar refractivity (Wildman–Crippen MR) is 104 cm³/mol. The topological polar surface area (TPSA) is 75.3 Å². The Balaban J connectivity index is 1.83. The van der Waals surface area contributed by atoms with Crippen LogP contribution in [0.3, 0.4) is 0 Å². The Morgan fingerprint density at radius 3 is 2.41 bits per heavy atom. The highest BCUT2D eigenvalue weighted by Crippen LogP contribution is 2.43. The highest BCUT2D eigenvalue weighted by molar-refractivity contribution is 8.14. The third kappa shape index (κ3) is 4.79. The molecular formula is C20H17F3N2O3S. The van der Waals surface area contributed by atoms with Crippen LogP contribution in [-0.4, -0.2) is 29.7 Å². The highest BCUT2D eigenvalue weighted by Gasteiger charge is 2.35. The average Bonchev–Trinajstić information content (AvgIpc) is 2.80. The number of carbonyl (C=O) groups excluding carboxylic acids is 3. The summed E-state index contributed by atoms with van der Waals surface area (Å²) in [5.41, 5.74) is 2.75. The Bertz CT molecular complexity index is 962. The largest absolute Gasteiger partial charge is 0.405 e. The number of benzene rings is 2. The summed E-state index contributed by atoms with van der Waals surface area (Å²) in [6.45, 7) is -0.299. The zero-order chi connectivity index (χ0) is 21.2. The van der Waals surface area contributed by atoms with E-state index in [1.165, 1.54) is 6.92 Å². The third-order valence-electron chi connectivity index (χ3n) is 4.40. The van der Waals surface area contributed by atoms with Crippen molar-refractivity contribution in [2.75, 3.05) is 11.9 Å². The van der Waals surface area contributed by atoms with E-state index in [1.54, 1.807) is 29.6 Å². The van der Waals surface area contributed by atoms with Gasteiger partial charge in [0.05, 0.1) is 0 Å². The van der Waals surface area contributed by atoms with Gasteiger partial charge in [-0.1, -0.05) is 54.2 Å². The van der Waals surface area contributed by atoms with Crippen molar-refractivity contribution in [3.8, 4) is 11.1 Å². The summed E-state index contributed by atoms with van der Waals surface area (Å²) >= 11 is 0.632. The number of hydrogen-bond donors (Lipinski definition) is 2. The lowest BCUT2D eigenvalue weighted by Crippen LogP contribution is -2.39. The molecule has 0 aliphatic carbocycles. The summed E-state index contributed by atoms with van der Waals surface area (Å²) in [6.07, 6.45) is -4.57. The highest BCUT2D eigenvalue weighted by atomic mass is 32.2. The minimum Gasteiger partial charge on any atom is -0.346 e. The number of rotatable bonds is 4. The number of thioether (sulfide) groups is 1. The van der Waals surface area contributed by atoms with Crippen molar-refractivity contribution in [1.82, 2.24) is 5.32 Å². The molecule has 0 bridgehead atoms. The molecule has 0 spiro atoms. The van der Waals surface area contributed by atoms with Gasteiger partial charge < -0.3 is 10.6 Å². The Morgan fingerprint density at radius 2 is 1.72 bits per heavy atom. The maximum absolute atomic E-state index is 12.8. The summed E-state index contributed by atoms with van der Waals surface area (Å²) in [5, 5.41) is 2.85. The second-order valence-electron chi connectivity index (χ2n) is 6.49. The van der Waals surface area contributed by atoms with Gasteiger partial charge in [0, 0.05) is 11.3 Å². The first-order valence-corrected chi connectivity index (χ1v) is 9.59. The maximum Gasteiger partial charge on any atom is 0.405 e. The zero-order valence-electron chi connectivity index (χ0n) is 15.2. The SMILES string of the molecule is CC(C(=O)NCC(F)(F)F)C(=O)S[C@@H]1C(=O)Nc2ccccc2-c2ccccc21. The van der Waals surface area contributed by atoms with Gasteiger partial charge in [0.1, 0.15) is 17.7 Å². The molecule has 0 saturated heterocycles. The molecule has 0 saturated carbocycles. The molecule has 1 heterocycles. The van der Waals surface area contributed by atoms with E-state index in [2.05, 4.69) is 5.32 Å². The molecular weight excluding hydrogens is 405 g/mol. The van der Waals surface area contributed by atoms with Gasteiger partial charge in [-0.25, -0.2) is 0 Å². The Kier molecular flexibility index (Phi) is 5.97. The molecule has 152 valence electrons. The minimum absolute atomic E-state index is 0.441. The van der Waals surface area contributed by atoms with Crippen LogP contribution in [0.2, 0.25) is 0 Å². The van der Waals surface area contributed by atoms with Crippen molar-refractivity contribution in [2.45, 2.75) is 18.3 Å². The van der Waals surface area contributed by atoms with Gasteiger partial charge in [-0.2, -0.15) is 13.2 Å². The molecule has 1 unspecified atom stereocenters. The van der Waals surface area contributed by atoms with Gasteiger partial charge in [-0.3, -0.25) is 14.4 Å². The number of hydrogen-bond acceptors (Lipinski definition) is 4. The van der Waals surface area contributed by atoms with Gasteiger partial charge in [-0.15, -0.1) is 0 Å². The predicted octanol–water partition coefficient (Wildman–Crippen LogP) is 3.92. The van der Waals surface area contributed by atoms with Gasteiger partial charge in [0.2, 0.25) is 16.9 Å². The third-order valence-corrected chi connectivity index (χ3v) is 5.69. The number of anilines is 1. The molecule has 0 fully saturated rings. The number of carbonyl (C=O) groups is 3. The standard InChI is InChI=1S/C20H17F3N2O3S/c1-11(17(26)24-10-20(21,22)23)19(28)29-16-14-8-3-2-6-12(14)13-7-4-5-9-15(13)25-18(16)27/h2-9,11,16H,10H2,1H3,(H,24,26)(H,25,27)/t11?,16-/m0/s1. The van der Waals surface area contributed by atoms with Crippen molar-refractivity contribution >= 4 is 34.4 Å². The van der Waals surface area contributed by atoms with Crippen molar-refractivity contribution in [1.29, 1.82) is 0 Å². The van der Waals surface area contributed by atoms with E-state index in [0.717, 1.165) is 11.1 Å². The zero-order valence-corrected chi connectivity index (χ0v) is 16.1. The Labute approximate surface area is 169 Å². The molecule has 2 amide bonds. The van der Waals surface area contributed by atoms with Crippen molar-refractivity contribution in [3.05, 3.63) is 54.1 Å². The lowest BCUT2D eigenvalue weighted by Gasteiger charge is -2.18. The van der Waals surface area contributed by atoms with Crippen molar-refractivity contribution < 1.29 is 27.6 Å². The number of amides is 2. The quantitative estimate of drug-likeness (QED) is 0.733. The molecule has 5 nitrogen and oxygen atoms in total. The molecule has 29 heavy (non-hydrogen) atoms. The first kappa shape index (κ1) is 20.9. The van der Waals surface area contributed by atoms with Gasteiger partial charge in [0.25, 0.3) is 0 Å². The second-order valence-corrected chi connectivity index (χ2v) is 7.60. The molecule has 1 aliphatic rings. The van der Waals surface area contributed by atoms with Crippen LogP contribution in [0.25, 0.3) is 11.1 Å². The maximum atomic E-state index is 12.8. The van der Waals surface area contributed by atoms with Gasteiger partial charge >= 0.3 is 6.18 Å². The van der Waals surface area contributed by atoms with E-state index in [0.29, 0.717) is 23.0 Å². The molecule has 0 aromatic heterocycles. The molecule has 2 N–H and O–H groups in total. The number of para-hydroxylation sites is 1. The lowest BCUT2D eigenvalue weighted by molar-refractivity contribution is -0.142. The van der Waals surface area contributed by atoms with E-state index >= 15 is 0 Å². The van der Waals surface area contributed by atoms with E-state index in [1.807, 2.05) is 24.3 Å². The van der Waals surface area contributed by atoms with E-state index in [4.69, 9.17) is 0 Å². The van der Waals surface area contributed by atoms with E-state index in [-0.39, 0.29) is 0 Å². The first-order valence-electron chi connectivity index (χ1n) is 8.71. The first-order chi connectivity index (χ1) is 13.7. The van der Waals surface area contributed by atoms with Crippen LogP contribution in [0.1, 0.15) is 17.7 Å². The van der Waals surface area contributed by atoms with E-state index in [9.17, 15) is 27.6 Å². The monoisotopic (exact) mass is 422 g/mol. The summed E-state index contributed by atoms with van der Waals surface area (Å²) in [7, 11) is 0. The molecule has 9 heteroatoms. The summed E-state index contributed by atoms with van der Waals surface area (Å²) in [6, 6.07) is 14.3. The van der Waals surface area contributed by atoms with Crippen LogP contribution < -0.4 is 10.6 Å². The summed E-state index contributed by atoms with van der Waals surface area (Å²) < 4.78 is 36.9. The summed E-state index contributed by atoms with van der Waals surface area (Å²) in [5.74, 6) is -2.82. The van der Waals surface area contributed by atoms with Crippen LogP contribution >= 0.6 is 11.8 Å². The number of alkyl halides is 3. The molecule has 2 aromatic carbocycles. The molecule has 2 aromatic rings. The Hall–Kier alpha value is -2.81. The molecule has 3 rings (SSSR count).